The number of hydrogen-bond donors (Lipinski definition) is 0. The second-order valence-corrected chi connectivity index (χ2v) is 31.0. The number of hydrogen-bond acceptors (Lipinski definition) is 4. The molecule has 0 amide bonds. The molecule has 20 aromatic rings. The Morgan fingerprint density at radius 3 is 1.28 bits per heavy atom. The monoisotopic (exact) mass is 1360 g/mol. The van der Waals surface area contributed by atoms with Crippen molar-refractivity contribution in [3.8, 4) is 84.6 Å². The molecule has 0 spiro atoms. The van der Waals surface area contributed by atoms with Crippen LogP contribution in [0, 0.1) is 0 Å². The lowest BCUT2D eigenvalue weighted by molar-refractivity contribution is 0.465. The lowest BCUT2D eigenvalue weighted by Crippen LogP contribution is -2.57. The van der Waals surface area contributed by atoms with Crippen molar-refractivity contribution in [1.29, 1.82) is 0 Å². The van der Waals surface area contributed by atoms with Gasteiger partial charge in [0.25, 0.3) is 6.71 Å². The minimum Gasteiger partial charge on any atom is -0.458 e. The van der Waals surface area contributed by atoms with Crippen LogP contribution in [0.1, 0.15) is 52.7 Å². The number of nitrogens with zero attached hydrogens (tertiary/aromatic N) is 3. The van der Waals surface area contributed by atoms with Crippen LogP contribution in [0.3, 0.4) is 0 Å². The van der Waals surface area contributed by atoms with Crippen LogP contribution in [-0.4, -0.2) is 20.4 Å². The van der Waals surface area contributed by atoms with Gasteiger partial charge in [0.1, 0.15) is 45.3 Å². The maximum Gasteiger partial charge on any atom is 0.260 e. The van der Waals surface area contributed by atoms with Crippen molar-refractivity contribution in [2.75, 3.05) is 0 Å². The summed E-state index contributed by atoms with van der Waals surface area (Å²) in [7, 11) is 0. The van der Waals surface area contributed by atoms with E-state index in [4.69, 9.17) is 18.3 Å². The molecule has 0 unspecified atom stereocenters. The largest absolute Gasteiger partial charge is 0.458 e. The van der Waals surface area contributed by atoms with Crippen LogP contribution in [0.25, 0.3) is 171 Å². The minimum absolute atomic E-state index is 0.0520. The molecule has 15 aromatic carbocycles. The molecule has 2 aliphatic rings. The summed E-state index contributed by atoms with van der Waals surface area (Å²) in [6.07, 6.45) is 0. The average molecular weight is 1360 g/mol. The number of benzene rings is 15. The molecule has 0 saturated carbocycles. The van der Waals surface area contributed by atoms with Crippen LogP contribution in [0.2, 0.25) is 0 Å². The zero-order valence-corrected chi connectivity index (χ0v) is 59.4. The van der Waals surface area contributed by atoms with Gasteiger partial charge in [-0.25, -0.2) is 0 Å². The van der Waals surface area contributed by atoms with E-state index in [0.29, 0.717) is 0 Å². The summed E-state index contributed by atoms with van der Waals surface area (Å²) in [5, 5.41) is 11.5. The molecule has 7 heterocycles. The Bertz CT molecular complexity index is 7020. The molecule has 0 radical (unpaired) electrons. The minimum atomic E-state index is -0.300. The molecule has 7 nitrogen and oxygen atoms in total. The van der Waals surface area contributed by atoms with Crippen molar-refractivity contribution in [3.63, 3.8) is 0 Å². The summed E-state index contributed by atoms with van der Waals surface area (Å²) in [6, 6.07) is 111. The van der Waals surface area contributed by atoms with E-state index < -0.39 is 0 Å². The van der Waals surface area contributed by atoms with E-state index in [2.05, 4.69) is 346 Å². The highest BCUT2D eigenvalue weighted by atomic mass is 16.5. The smallest absolute Gasteiger partial charge is 0.260 e. The third-order valence-corrected chi connectivity index (χ3v) is 22.9. The highest BCUT2D eigenvalue weighted by Gasteiger charge is 2.42. The fourth-order valence-electron chi connectivity index (χ4n) is 18.0. The van der Waals surface area contributed by atoms with Gasteiger partial charge in [0.2, 0.25) is 0 Å². The molecule has 8 heteroatoms. The molecule has 22 rings (SSSR count). The normalized spacial score (nSPS) is 12.9. The maximum absolute atomic E-state index is 7.84. The summed E-state index contributed by atoms with van der Waals surface area (Å²) in [4.78, 5) is 0. The van der Waals surface area contributed by atoms with Crippen molar-refractivity contribution in [1.82, 2.24) is 13.7 Å². The fraction of sp³-hybridized carbons (Fsp3) is 0.0816. The molecule has 0 saturated heterocycles. The standard InChI is InChI=1S/C98H68BN3O4/c1-97(2,3)59-44-49-81-73(54-59)74-55-60(98(4,5)6)45-50-82(74)100(81)61-46-48-76-89(56-61)105-91-53-58(93-67(68-31-22-42-87-94(68)72-28-12-18-41-86(72)103-87)29-20-39-84(93)102-79-36-15-9-25-64(79)65-26-10-16-37-80(65)102)52-90-95(91)99(76)75-47-43-57(51-88(75)104-90)92-69(71-33-19-32-70-66-27-11-17-40-85(66)106-96(70)71)30-21-38-83(92)101-77-34-13-7-23-62(77)63-24-8-14-35-78(63)101/h7-56H,1-6H3. The molecule has 502 valence electrons. The van der Waals surface area contributed by atoms with E-state index in [9.17, 15) is 0 Å². The van der Waals surface area contributed by atoms with E-state index in [0.717, 1.165) is 178 Å². The van der Waals surface area contributed by atoms with Gasteiger partial charge in [0, 0.05) is 87.8 Å². The first-order valence-corrected chi connectivity index (χ1v) is 36.8. The number of ether oxygens (including phenoxy) is 2. The van der Waals surface area contributed by atoms with Crippen molar-refractivity contribution >= 4 is 132 Å². The van der Waals surface area contributed by atoms with Gasteiger partial charge in [-0.2, -0.15) is 0 Å². The Balaban J connectivity index is 0.817. The second kappa shape index (κ2) is 22.2. The Kier molecular flexibility index (Phi) is 12.7. The number of rotatable bonds is 7. The van der Waals surface area contributed by atoms with Crippen LogP contribution in [0.5, 0.6) is 23.0 Å². The van der Waals surface area contributed by atoms with Gasteiger partial charge >= 0.3 is 0 Å². The molecule has 0 atom stereocenters. The number of fused-ring (bicyclic) bond motifs is 19. The van der Waals surface area contributed by atoms with Crippen molar-refractivity contribution in [2.45, 2.75) is 52.4 Å². The summed E-state index contributed by atoms with van der Waals surface area (Å²) < 4.78 is 36.6. The average Bonchev–Trinajstić information content (AvgIpc) is 1.69. The molecule has 106 heavy (non-hydrogen) atoms. The van der Waals surface area contributed by atoms with Crippen molar-refractivity contribution in [2.24, 2.45) is 0 Å². The summed E-state index contributed by atoms with van der Waals surface area (Å²) >= 11 is 0. The van der Waals surface area contributed by atoms with Gasteiger partial charge in [-0.1, -0.05) is 236 Å². The first kappa shape index (κ1) is 60.5. The first-order valence-electron chi connectivity index (χ1n) is 36.8. The van der Waals surface area contributed by atoms with Gasteiger partial charge in [-0.3, -0.25) is 0 Å². The third-order valence-electron chi connectivity index (χ3n) is 22.9. The topological polar surface area (TPSA) is 59.5 Å². The lowest BCUT2D eigenvalue weighted by Gasteiger charge is -2.34. The Hall–Kier alpha value is -13.0. The molecule has 2 aliphatic heterocycles. The van der Waals surface area contributed by atoms with E-state index in [1.807, 2.05) is 12.1 Å². The predicted octanol–water partition coefficient (Wildman–Crippen LogP) is 24.8. The van der Waals surface area contributed by atoms with Crippen molar-refractivity contribution in [3.05, 3.63) is 314 Å². The van der Waals surface area contributed by atoms with E-state index in [-0.39, 0.29) is 17.5 Å². The number of furan rings is 2. The third kappa shape index (κ3) is 8.82. The molecule has 0 aliphatic carbocycles. The number of para-hydroxylation sites is 7. The second-order valence-electron chi connectivity index (χ2n) is 31.0. The van der Waals surface area contributed by atoms with Gasteiger partial charge in [0.15, 0.2) is 0 Å². The molecule has 0 bridgehead atoms. The zero-order chi connectivity index (χ0) is 70.6. The van der Waals surface area contributed by atoms with Crippen molar-refractivity contribution < 1.29 is 18.3 Å². The summed E-state index contributed by atoms with van der Waals surface area (Å²) in [5.41, 5.74) is 26.9. The Morgan fingerprint density at radius 2 is 0.708 bits per heavy atom. The van der Waals surface area contributed by atoms with Gasteiger partial charge in [-0.15, -0.1) is 0 Å². The van der Waals surface area contributed by atoms with Crippen LogP contribution < -0.4 is 25.9 Å². The summed E-state index contributed by atoms with van der Waals surface area (Å²) in [5.74, 6) is 3.00. The van der Waals surface area contributed by atoms with Crippen LogP contribution in [0.15, 0.2) is 312 Å². The number of aromatic nitrogens is 3. The Labute approximate surface area is 612 Å². The first-order chi connectivity index (χ1) is 51.8. The molecule has 5 aromatic heterocycles. The lowest BCUT2D eigenvalue weighted by atomic mass is 9.34. The van der Waals surface area contributed by atoms with Crippen LogP contribution in [0.4, 0.5) is 0 Å². The molecule has 0 N–H and O–H groups in total. The molecular formula is C98H68BN3O4. The van der Waals surface area contributed by atoms with Crippen LogP contribution >= 0.6 is 0 Å². The molecular weight excluding hydrogens is 1290 g/mol. The maximum atomic E-state index is 7.84. The highest BCUT2D eigenvalue weighted by molar-refractivity contribution is 6.98. The van der Waals surface area contributed by atoms with Gasteiger partial charge < -0.3 is 32.0 Å². The van der Waals surface area contributed by atoms with E-state index >= 15 is 0 Å². The Morgan fingerprint density at radius 1 is 0.283 bits per heavy atom. The SMILES string of the molecule is CC(C)(C)c1ccc2c(c1)c1cc(C(C)(C)C)ccc1n2-c1ccc2c(c1)Oc1cc(-c3c(-c4cccc5oc6ccccc6c45)cccc3-n3c4ccccc4c4ccccc43)cc3c1B2c1ccc(-c2c(-c4cccc5c4oc4ccccc45)cccc2-n2c4ccccc4c4ccccc42)cc1O3. The zero-order valence-electron chi connectivity index (χ0n) is 59.4. The van der Waals surface area contributed by atoms with Gasteiger partial charge in [0.05, 0.1) is 44.5 Å². The predicted molar refractivity (Wildman–Crippen MR) is 441 cm³/mol. The van der Waals surface area contributed by atoms with Gasteiger partial charge in [-0.05, 0) is 164 Å². The highest BCUT2D eigenvalue weighted by Crippen LogP contribution is 2.51. The van der Waals surface area contributed by atoms with E-state index in [1.54, 1.807) is 0 Å². The quantitative estimate of drug-likeness (QED) is 0.149. The fourth-order valence-corrected chi connectivity index (χ4v) is 18.0. The molecule has 0 fully saturated rings. The van der Waals surface area contributed by atoms with E-state index in [1.165, 1.54) is 43.4 Å². The van der Waals surface area contributed by atoms with Crippen LogP contribution in [-0.2, 0) is 10.8 Å². The summed E-state index contributed by atoms with van der Waals surface area (Å²) in [6.45, 7) is 13.5.